The number of anilines is 2. The van der Waals surface area contributed by atoms with Crippen LogP contribution in [0.4, 0.5) is 24.9 Å². The molecule has 1 aromatic carbocycles. The van der Waals surface area contributed by atoms with Gasteiger partial charge in [0.2, 0.25) is 5.95 Å². The van der Waals surface area contributed by atoms with Gasteiger partial charge in [-0.1, -0.05) is 12.1 Å². The van der Waals surface area contributed by atoms with Gasteiger partial charge in [-0.3, -0.25) is 0 Å². The molecule has 0 aliphatic rings. The van der Waals surface area contributed by atoms with Crippen LogP contribution in [0.3, 0.4) is 0 Å². The third-order valence-electron chi connectivity index (χ3n) is 2.39. The molecule has 0 amide bonds. The Balaban J connectivity index is 2.58. The molecule has 0 fully saturated rings. The molecule has 0 unspecified atom stereocenters. The highest BCUT2D eigenvalue weighted by molar-refractivity contribution is 5.48. The fourth-order valence-corrected chi connectivity index (χ4v) is 1.51. The zero-order valence-electron chi connectivity index (χ0n) is 9.07. The number of aromatic nitrogens is 2. The monoisotopic (exact) mass is 254 g/mol. The highest BCUT2D eigenvalue weighted by atomic mass is 19.3. The Morgan fingerprint density at radius 3 is 2.33 bits per heavy atom. The molecular weight excluding hydrogens is 245 g/mol. The fourth-order valence-electron chi connectivity index (χ4n) is 1.51. The normalized spacial score (nSPS) is 11.5. The summed E-state index contributed by atoms with van der Waals surface area (Å²) in [7, 11) is 0. The van der Waals surface area contributed by atoms with E-state index in [1.165, 1.54) is 12.1 Å². The summed E-state index contributed by atoms with van der Waals surface area (Å²) in [6.07, 6.45) is 0.796. The van der Waals surface area contributed by atoms with Crippen LogP contribution in [0.15, 0.2) is 30.5 Å². The van der Waals surface area contributed by atoms with Gasteiger partial charge in [0, 0.05) is 6.20 Å². The minimum atomic E-state index is -3.62. The van der Waals surface area contributed by atoms with Gasteiger partial charge in [0.05, 0.1) is 11.1 Å². The van der Waals surface area contributed by atoms with Crippen LogP contribution in [0, 0.1) is 5.82 Å². The number of nitrogens with zero attached hydrogens (tertiary/aromatic N) is 2. The van der Waals surface area contributed by atoms with E-state index in [2.05, 4.69) is 9.97 Å². The first-order chi connectivity index (χ1) is 8.43. The van der Waals surface area contributed by atoms with Crippen LogP contribution < -0.4 is 11.5 Å². The average Bonchev–Trinajstić information content (AvgIpc) is 2.28. The highest BCUT2D eigenvalue weighted by Gasteiger charge is 2.39. The SMILES string of the molecule is Nc1ncc(C(F)(F)c2ccccc2F)c(N)n1. The Bertz CT molecular complexity index is 586. The van der Waals surface area contributed by atoms with Crippen molar-refractivity contribution in [3.8, 4) is 0 Å². The van der Waals surface area contributed by atoms with Gasteiger partial charge < -0.3 is 11.5 Å². The van der Waals surface area contributed by atoms with Crippen molar-refractivity contribution < 1.29 is 13.2 Å². The van der Waals surface area contributed by atoms with Crippen molar-refractivity contribution in [2.45, 2.75) is 5.92 Å². The van der Waals surface area contributed by atoms with Crippen LogP contribution in [-0.2, 0) is 5.92 Å². The Morgan fingerprint density at radius 2 is 1.72 bits per heavy atom. The molecule has 0 bridgehead atoms. The molecule has 4 nitrogen and oxygen atoms in total. The minimum Gasteiger partial charge on any atom is -0.383 e. The molecule has 0 atom stereocenters. The molecule has 0 saturated carbocycles. The molecule has 0 saturated heterocycles. The molecule has 1 aromatic heterocycles. The second kappa shape index (κ2) is 4.17. The molecule has 18 heavy (non-hydrogen) atoms. The minimum absolute atomic E-state index is 0.222. The number of hydrogen-bond acceptors (Lipinski definition) is 4. The number of nitrogens with two attached hydrogens (primary N) is 2. The van der Waals surface area contributed by atoms with Crippen molar-refractivity contribution >= 4 is 11.8 Å². The van der Waals surface area contributed by atoms with Crippen LogP contribution in [-0.4, -0.2) is 9.97 Å². The van der Waals surface area contributed by atoms with E-state index in [1.807, 2.05) is 0 Å². The van der Waals surface area contributed by atoms with Crippen LogP contribution in [0.1, 0.15) is 11.1 Å². The van der Waals surface area contributed by atoms with Crippen molar-refractivity contribution in [3.05, 3.63) is 47.4 Å². The van der Waals surface area contributed by atoms with E-state index >= 15 is 0 Å². The highest BCUT2D eigenvalue weighted by Crippen LogP contribution is 2.38. The zero-order chi connectivity index (χ0) is 13.3. The van der Waals surface area contributed by atoms with Gasteiger partial charge in [-0.15, -0.1) is 0 Å². The summed E-state index contributed by atoms with van der Waals surface area (Å²) >= 11 is 0. The predicted molar refractivity (Wildman–Crippen MR) is 60.3 cm³/mol. The van der Waals surface area contributed by atoms with Crippen molar-refractivity contribution in [1.82, 2.24) is 9.97 Å². The summed E-state index contributed by atoms with van der Waals surface area (Å²) in [4.78, 5) is 6.88. The molecule has 7 heteroatoms. The van der Waals surface area contributed by atoms with Crippen LogP contribution in [0.2, 0.25) is 0 Å². The number of rotatable bonds is 2. The van der Waals surface area contributed by atoms with Crippen LogP contribution in [0.5, 0.6) is 0 Å². The summed E-state index contributed by atoms with van der Waals surface area (Å²) in [6.45, 7) is 0. The number of nitrogen functional groups attached to an aromatic ring is 2. The van der Waals surface area contributed by atoms with Gasteiger partial charge in [0.1, 0.15) is 11.6 Å². The van der Waals surface area contributed by atoms with Crippen molar-refractivity contribution in [3.63, 3.8) is 0 Å². The molecule has 4 N–H and O–H groups in total. The van der Waals surface area contributed by atoms with E-state index < -0.39 is 28.7 Å². The van der Waals surface area contributed by atoms with Gasteiger partial charge in [0.25, 0.3) is 0 Å². The average molecular weight is 254 g/mol. The molecular formula is C11H9F3N4. The summed E-state index contributed by atoms with van der Waals surface area (Å²) < 4.78 is 41.6. The molecule has 2 aromatic rings. The number of hydrogen-bond donors (Lipinski definition) is 2. The third kappa shape index (κ3) is 1.94. The van der Waals surface area contributed by atoms with E-state index in [0.29, 0.717) is 0 Å². The molecule has 0 radical (unpaired) electrons. The van der Waals surface area contributed by atoms with E-state index in [-0.39, 0.29) is 5.95 Å². The Morgan fingerprint density at radius 1 is 1.06 bits per heavy atom. The first kappa shape index (κ1) is 12.2. The number of halogens is 3. The lowest BCUT2D eigenvalue weighted by molar-refractivity contribution is 0.0391. The van der Waals surface area contributed by atoms with Crippen molar-refractivity contribution in [2.24, 2.45) is 0 Å². The lowest BCUT2D eigenvalue weighted by Gasteiger charge is -2.18. The van der Waals surface area contributed by atoms with Gasteiger partial charge in [0.15, 0.2) is 0 Å². The largest absolute Gasteiger partial charge is 0.383 e. The summed E-state index contributed by atoms with van der Waals surface area (Å²) in [5.41, 5.74) is 9.11. The van der Waals surface area contributed by atoms with E-state index in [4.69, 9.17) is 11.5 Å². The number of benzene rings is 1. The fraction of sp³-hybridized carbons (Fsp3) is 0.0909. The van der Waals surface area contributed by atoms with Gasteiger partial charge >= 0.3 is 5.92 Å². The van der Waals surface area contributed by atoms with Crippen molar-refractivity contribution in [1.29, 1.82) is 0 Å². The van der Waals surface area contributed by atoms with Crippen molar-refractivity contribution in [2.75, 3.05) is 11.5 Å². The maximum absolute atomic E-state index is 14.1. The molecule has 1 heterocycles. The molecule has 0 aliphatic carbocycles. The summed E-state index contributed by atoms with van der Waals surface area (Å²) in [5, 5.41) is 0. The van der Waals surface area contributed by atoms with Gasteiger partial charge in [-0.2, -0.15) is 13.8 Å². The first-order valence-corrected chi connectivity index (χ1v) is 4.94. The van der Waals surface area contributed by atoms with Gasteiger partial charge in [-0.25, -0.2) is 9.37 Å². The van der Waals surface area contributed by atoms with Crippen LogP contribution >= 0.6 is 0 Å². The predicted octanol–water partition coefficient (Wildman–Crippen LogP) is 1.92. The Labute approximate surface area is 100 Å². The van der Waals surface area contributed by atoms with Crippen LogP contribution in [0.25, 0.3) is 0 Å². The van der Waals surface area contributed by atoms with Gasteiger partial charge in [-0.05, 0) is 12.1 Å². The second-order valence-electron chi connectivity index (χ2n) is 3.58. The van der Waals surface area contributed by atoms with E-state index in [1.54, 1.807) is 0 Å². The molecule has 2 rings (SSSR count). The standard InChI is InChI=1S/C11H9F3N4/c12-8-4-2-1-3-6(8)11(13,14)7-5-17-10(16)18-9(7)15/h1-5H,(H4,15,16,17,18). The quantitative estimate of drug-likeness (QED) is 0.858. The maximum atomic E-state index is 14.1. The topological polar surface area (TPSA) is 77.8 Å². The maximum Gasteiger partial charge on any atom is 0.306 e. The smallest absolute Gasteiger partial charge is 0.306 e. The molecule has 0 aliphatic heterocycles. The van der Waals surface area contributed by atoms with E-state index in [0.717, 1.165) is 18.3 Å². The lowest BCUT2D eigenvalue weighted by atomic mass is 10.0. The summed E-state index contributed by atoms with van der Waals surface area (Å²) in [6, 6.07) is 4.54. The Hall–Kier alpha value is -2.31. The third-order valence-corrected chi connectivity index (χ3v) is 2.39. The van der Waals surface area contributed by atoms with E-state index in [9.17, 15) is 13.2 Å². The summed E-state index contributed by atoms with van der Waals surface area (Å²) in [5.74, 6) is -5.35. The Kier molecular flexibility index (Phi) is 2.82. The first-order valence-electron chi connectivity index (χ1n) is 4.94. The molecule has 0 spiro atoms. The number of alkyl halides is 2. The zero-order valence-corrected chi connectivity index (χ0v) is 9.07. The molecule has 94 valence electrons. The lowest BCUT2D eigenvalue weighted by Crippen LogP contribution is -2.20. The second-order valence-corrected chi connectivity index (χ2v) is 3.58.